The first-order valence-electron chi connectivity index (χ1n) is 8.73. The Morgan fingerprint density at radius 1 is 1.05 bits per heavy atom. The average molecular weight is 264 g/mol. The third kappa shape index (κ3) is 3.52. The van der Waals surface area contributed by atoms with Gasteiger partial charge in [0.2, 0.25) is 0 Å². The van der Waals surface area contributed by atoms with Gasteiger partial charge in [-0.1, -0.05) is 20.3 Å². The van der Waals surface area contributed by atoms with E-state index < -0.39 is 0 Å². The zero-order valence-corrected chi connectivity index (χ0v) is 12.8. The standard InChI is InChI=1S/C17H32N2/c1-3-6-18-17-10-15(17)7-12(2)11-19-16-9-13-4-5-14(16)8-13/h12-19H,3-11H2,1-2H3. The maximum Gasteiger partial charge on any atom is 0.00992 e. The minimum atomic E-state index is 0.852. The van der Waals surface area contributed by atoms with Gasteiger partial charge in [0.25, 0.3) is 0 Å². The van der Waals surface area contributed by atoms with Crippen LogP contribution in [0.5, 0.6) is 0 Å². The molecule has 19 heavy (non-hydrogen) atoms. The van der Waals surface area contributed by atoms with E-state index >= 15 is 0 Å². The average Bonchev–Trinajstić information content (AvgIpc) is 2.84. The van der Waals surface area contributed by atoms with E-state index in [1.54, 1.807) is 0 Å². The van der Waals surface area contributed by atoms with Gasteiger partial charge in [-0.25, -0.2) is 0 Å². The van der Waals surface area contributed by atoms with Crippen LogP contribution in [0.3, 0.4) is 0 Å². The molecular weight excluding hydrogens is 232 g/mol. The fourth-order valence-corrected chi connectivity index (χ4v) is 4.54. The summed E-state index contributed by atoms with van der Waals surface area (Å²) in [4.78, 5) is 0. The summed E-state index contributed by atoms with van der Waals surface area (Å²) >= 11 is 0. The van der Waals surface area contributed by atoms with Crippen LogP contribution in [0.4, 0.5) is 0 Å². The first-order valence-corrected chi connectivity index (χ1v) is 8.73. The molecule has 2 nitrogen and oxygen atoms in total. The minimum absolute atomic E-state index is 0.852. The maximum atomic E-state index is 3.88. The van der Waals surface area contributed by atoms with Crippen molar-refractivity contribution in [3.63, 3.8) is 0 Å². The Kier molecular flexibility index (Phi) is 4.48. The van der Waals surface area contributed by atoms with Crippen LogP contribution in [0.15, 0.2) is 0 Å². The molecule has 6 unspecified atom stereocenters. The van der Waals surface area contributed by atoms with Gasteiger partial charge >= 0.3 is 0 Å². The molecule has 0 amide bonds. The lowest BCUT2D eigenvalue weighted by Gasteiger charge is -2.25. The highest BCUT2D eigenvalue weighted by molar-refractivity contribution is 4.96. The van der Waals surface area contributed by atoms with Gasteiger partial charge < -0.3 is 10.6 Å². The smallest absolute Gasteiger partial charge is 0.00992 e. The third-order valence-electron chi connectivity index (χ3n) is 5.75. The van der Waals surface area contributed by atoms with Crippen molar-refractivity contribution in [2.24, 2.45) is 23.7 Å². The number of hydrogen-bond donors (Lipinski definition) is 2. The number of rotatable bonds is 8. The molecular formula is C17H32N2. The Morgan fingerprint density at radius 3 is 2.63 bits per heavy atom. The van der Waals surface area contributed by atoms with E-state index in [0.717, 1.165) is 35.8 Å². The van der Waals surface area contributed by atoms with Crippen LogP contribution in [0, 0.1) is 23.7 Å². The summed E-state index contributed by atoms with van der Waals surface area (Å²) in [7, 11) is 0. The molecule has 3 rings (SSSR count). The van der Waals surface area contributed by atoms with Crippen LogP contribution in [0.2, 0.25) is 0 Å². The molecule has 0 saturated heterocycles. The van der Waals surface area contributed by atoms with Gasteiger partial charge in [0.05, 0.1) is 0 Å². The lowest BCUT2D eigenvalue weighted by molar-refractivity contribution is 0.324. The van der Waals surface area contributed by atoms with E-state index in [4.69, 9.17) is 0 Å². The van der Waals surface area contributed by atoms with Gasteiger partial charge in [-0.05, 0) is 75.3 Å². The highest BCUT2D eigenvalue weighted by Gasteiger charge is 2.40. The van der Waals surface area contributed by atoms with Gasteiger partial charge in [-0.3, -0.25) is 0 Å². The largest absolute Gasteiger partial charge is 0.314 e. The summed E-state index contributed by atoms with van der Waals surface area (Å²) in [5.41, 5.74) is 0. The molecule has 0 aromatic carbocycles. The number of fused-ring (bicyclic) bond motifs is 2. The molecule has 3 aliphatic rings. The zero-order chi connectivity index (χ0) is 13.2. The lowest BCUT2D eigenvalue weighted by Crippen LogP contribution is -2.36. The normalized spacial score (nSPS) is 41.7. The fraction of sp³-hybridized carbons (Fsp3) is 1.00. The summed E-state index contributed by atoms with van der Waals surface area (Å²) in [6.07, 6.45) is 10.1. The Bertz CT molecular complexity index is 291. The van der Waals surface area contributed by atoms with Crippen molar-refractivity contribution in [1.82, 2.24) is 10.6 Å². The molecule has 0 aromatic rings. The number of hydrogen-bond acceptors (Lipinski definition) is 2. The van der Waals surface area contributed by atoms with E-state index in [-0.39, 0.29) is 0 Å². The maximum absolute atomic E-state index is 3.88. The van der Waals surface area contributed by atoms with Crippen molar-refractivity contribution in [2.45, 2.75) is 70.9 Å². The third-order valence-corrected chi connectivity index (χ3v) is 5.75. The molecule has 3 saturated carbocycles. The second-order valence-corrected chi connectivity index (χ2v) is 7.59. The van der Waals surface area contributed by atoms with Gasteiger partial charge in [0.15, 0.2) is 0 Å². The van der Waals surface area contributed by atoms with Crippen LogP contribution in [0.25, 0.3) is 0 Å². The zero-order valence-electron chi connectivity index (χ0n) is 12.8. The first kappa shape index (κ1) is 13.9. The molecule has 0 spiro atoms. The predicted octanol–water partition coefficient (Wildman–Crippen LogP) is 3.18. The Hall–Kier alpha value is -0.0800. The molecule has 2 heteroatoms. The van der Waals surface area contributed by atoms with Crippen molar-refractivity contribution in [2.75, 3.05) is 13.1 Å². The second-order valence-electron chi connectivity index (χ2n) is 7.59. The molecule has 3 aliphatic carbocycles. The van der Waals surface area contributed by atoms with Crippen molar-refractivity contribution < 1.29 is 0 Å². The lowest BCUT2D eigenvalue weighted by atomic mass is 9.94. The second kappa shape index (κ2) is 6.13. The predicted molar refractivity (Wildman–Crippen MR) is 81.2 cm³/mol. The molecule has 110 valence electrons. The molecule has 6 atom stereocenters. The van der Waals surface area contributed by atoms with Gasteiger partial charge in [-0.2, -0.15) is 0 Å². The molecule has 0 aromatic heterocycles. The quantitative estimate of drug-likeness (QED) is 0.703. The van der Waals surface area contributed by atoms with E-state index in [1.807, 2.05) is 0 Å². The molecule has 0 aliphatic heterocycles. The molecule has 0 heterocycles. The minimum Gasteiger partial charge on any atom is -0.314 e. The van der Waals surface area contributed by atoms with Crippen molar-refractivity contribution in [3.8, 4) is 0 Å². The van der Waals surface area contributed by atoms with Crippen LogP contribution in [0.1, 0.15) is 58.8 Å². The van der Waals surface area contributed by atoms with Crippen LogP contribution < -0.4 is 10.6 Å². The van der Waals surface area contributed by atoms with E-state index in [1.165, 1.54) is 58.0 Å². The fourth-order valence-electron chi connectivity index (χ4n) is 4.54. The van der Waals surface area contributed by atoms with E-state index in [0.29, 0.717) is 0 Å². The molecule has 3 fully saturated rings. The molecule has 0 radical (unpaired) electrons. The van der Waals surface area contributed by atoms with Crippen LogP contribution in [-0.4, -0.2) is 25.2 Å². The molecule has 2 bridgehead atoms. The van der Waals surface area contributed by atoms with Crippen molar-refractivity contribution in [3.05, 3.63) is 0 Å². The van der Waals surface area contributed by atoms with Crippen molar-refractivity contribution >= 4 is 0 Å². The van der Waals surface area contributed by atoms with Gasteiger partial charge in [0, 0.05) is 12.1 Å². The highest BCUT2D eigenvalue weighted by Crippen LogP contribution is 2.44. The van der Waals surface area contributed by atoms with Crippen LogP contribution >= 0.6 is 0 Å². The first-order chi connectivity index (χ1) is 9.26. The van der Waals surface area contributed by atoms with E-state index in [2.05, 4.69) is 24.5 Å². The summed E-state index contributed by atoms with van der Waals surface area (Å²) in [6, 6.07) is 1.72. The molecule has 2 N–H and O–H groups in total. The van der Waals surface area contributed by atoms with Crippen molar-refractivity contribution in [1.29, 1.82) is 0 Å². The van der Waals surface area contributed by atoms with Gasteiger partial charge in [-0.15, -0.1) is 0 Å². The highest BCUT2D eigenvalue weighted by atomic mass is 15.0. The number of nitrogens with one attached hydrogen (secondary N) is 2. The SMILES string of the molecule is CCCNC1CC1CC(C)CNC1CC2CCC1C2. The summed E-state index contributed by atoms with van der Waals surface area (Å²) in [5, 5.41) is 7.54. The Labute approximate surface area is 119 Å². The Balaban J connectivity index is 1.29. The van der Waals surface area contributed by atoms with E-state index in [9.17, 15) is 0 Å². The monoisotopic (exact) mass is 264 g/mol. The summed E-state index contributed by atoms with van der Waals surface area (Å²) in [6.45, 7) is 7.16. The topological polar surface area (TPSA) is 24.1 Å². The summed E-state index contributed by atoms with van der Waals surface area (Å²) in [5.74, 6) is 3.93. The van der Waals surface area contributed by atoms with Gasteiger partial charge in [0.1, 0.15) is 0 Å². The van der Waals surface area contributed by atoms with Crippen LogP contribution in [-0.2, 0) is 0 Å². The summed E-state index contributed by atoms with van der Waals surface area (Å²) < 4.78 is 0. The Morgan fingerprint density at radius 2 is 1.95 bits per heavy atom.